The van der Waals surface area contributed by atoms with Crippen LogP contribution in [0, 0.1) is 0 Å². The fourth-order valence-corrected chi connectivity index (χ4v) is 0.831. The molecule has 1 amide bonds. The molecule has 0 aliphatic rings. The quantitative estimate of drug-likeness (QED) is 0.615. The number of carbonyl (C=O) groups excluding carboxylic acids is 1. The highest BCUT2D eigenvalue weighted by Crippen LogP contribution is 1.92. The molecule has 0 saturated heterocycles. The van der Waals surface area contributed by atoms with Crippen molar-refractivity contribution >= 4 is 5.91 Å². The molecule has 5 nitrogen and oxygen atoms in total. The summed E-state index contributed by atoms with van der Waals surface area (Å²) in [7, 11) is 0. The minimum absolute atomic E-state index is 0.136. The number of hydrogen-bond acceptors (Lipinski definition) is 4. The highest BCUT2D eigenvalue weighted by atomic mass is 16.1. The largest absolute Gasteiger partial charge is 0.352 e. The first kappa shape index (κ1) is 9.60. The van der Waals surface area contributed by atoms with Crippen LogP contribution in [0.2, 0.25) is 0 Å². The van der Waals surface area contributed by atoms with Crippen LogP contribution in [0.25, 0.3) is 0 Å². The SMILES string of the molecule is NCCCNC(=O)c1ccnnc1. The van der Waals surface area contributed by atoms with Crippen LogP contribution in [0.3, 0.4) is 0 Å². The first-order chi connectivity index (χ1) is 6.34. The van der Waals surface area contributed by atoms with E-state index in [0.29, 0.717) is 18.7 Å². The lowest BCUT2D eigenvalue weighted by Crippen LogP contribution is -2.26. The van der Waals surface area contributed by atoms with Gasteiger partial charge in [0.05, 0.1) is 18.0 Å². The number of aromatic nitrogens is 2. The number of nitrogens with two attached hydrogens (primary N) is 1. The van der Waals surface area contributed by atoms with Gasteiger partial charge in [-0.15, -0.1) is 0 Å². The molecule has 0 fully saturated rings. The fraction of sp³-hybridized carbons (Fsp3) is 0.375. The Morgan fingerprint density at radius 2 is 2.38 bits per heavy atom. The van der Waals surface area contributed by atoms with E-state index in [4.69, 9.17) is 5.73 Å². The molecule has 0 aliphatic carbocycles. The molecule has 3 N–H and O–H groups in total. The topological polar surface area (TPSA) is 80.9 Å². The van der Waals surface area contributed by atoms with Crippen molar-refractivity contribution in [1.82, 2.24) is 15.5 Å². The van der Waals surface area contributed by atoms with Crippen molar-refractivity contribution in [3.05, 3.63) is 24.0 Å². The van der Waals surface area contributed by atoms with E-state index in [1.807, 2.05) is 0 Å². The van der Waals surface area contributed by atoms with Gasteiger partial charge in [-0.3, -0.25) is 4.79 Å². The standard InChI is InChI=1S/C8H12N4O/c9-3-1-4-10-8(13)7-2-5-11-12-6-7/h2,5-6H,1,3-4,9H2,(H,10,13). The molecular formula is C8H12N4O. The van der Waals surface area contributed by atoms with Gasteiger partial charge in [-0.25, -0.2) is 0 Å². The zero-order valence-corrected chi connectivity index (χ0v) is 7.23. The Bertz CT molecular complexity index is 262. The van der Waals surface area contributed by atoms with Gasteiger partial charge >= 0.3 is 0 Å². The normalized spacial score (nSPS) is 9.62. The van der Waals surface area contributed by atoms with Gasteiger partial charge in [0.1, 0.15) is 0 Å². The molecule has 70 valence electrons. The van der Waals surface area contributed by atoms with E-state index in [2.05, 4.69) is 15.5 Å². The predicted octanol–water partition coefficient (Wildman–Crippen LogP) is -0.445. The molecule has 1 aromatic rings. The number of hydrogen-bond donors (Lipinski definition) is 2. The van der Waals surface area contributed by atoms with E-state index in [-0.39, 0.29) is 5.91 Å². The van der Waals surface area contributed by atoms with Gasteiger partial charge in [0, 0.05) is 6.54 Å². The third-order valence-electron chi connectivity index (χ3n) is 1.51. The van der Waals surface area contributed by atoms with Crippen molar-refractivity contribution in [2.24, 2.45) is 5.73 Å². The Kier molecular flexibility index (Phi) is 3.84. The summed E-state index contributed by atoms with van der Waals surface area (Å²) >= 11 is 0. The summed E-state index contributed by atoms with van der Waals surface area (Å²) in [5, 5.41) is 9.89. The molecule has 0 unspecified atom stereocenters. The van der Waals surface area contributed by atoms with E-state index in [0.717, 1.165) is 6.42 Å². The number of rotatable bonds is 4. The summed E-state index contributed by atoms with van der Waals surface area (Å²) in [4.78, 5) is 11.3. The minimum Gasteiger partial charge on any atom is -0.352 e. The third kappa shape index (κ3) is 3.16. The summed E-state index contributed by atoms with van der Waals surface area (Å²) in [5.74, 6) is -0.136. The van der Waals surface area contributed by atoms with E-state index >= 15 is 0 Å². The van der Waals surface area contributed by atoms with Crippen LogP contribution in [-0.2, 0) is 0 Å². The highest BCUT2D eigenvalue weighted by molar-refractivity contribution is 5.93. The Morgan fingerprint density at radius 3 is 3.00 bits per heavy atom. The molecule has 0 bridgehead atoms. The van der Waals surface area contributed by atoms with Crippen LogP contribution in [0.1, 0.15) is 16.8 Å². The van der Waals surface area contributed by atoms with Crippen LogP contribution in [0.4, 0.5) is 0 Å². The lowest BCUT2D eigenvalue weighted by Gasteiger charge is -2.02. The van der Waals surface area contributed by atoms with Crippen molar-refractivity contribution in [3.8, 4) is 0 Å². The Labute approximate surface area is 76.4 Å². The lowest BCUT2D eigenvalue weighted by atomic mass is 10.3. The van der Waals surface area contributed by atoms with Gasteiger partial charge < -0.3 is 11.1 Å². The second-order valence-electron chi connectivity index (χ2n) is 2.53. The van der Waals surface area contributed by atoms with E-state index in [1.165, 1.54) is 12.4 Å². The average Bonchev–Trinajstić information content (AvgIpc) is 2.19. The number of amides is 1. The van der Waals surface area contributed by atoms with Crippen molar-refractivity contribution in [3.63, 3.8) is 0 Å². The van der Waals surface area contributed by atoms with Crippen molar-refractivity contribution in [2.75, 3.05) is 13.1 Å². The number of nitrogens with one attached hydrogen (secondary N) is 1. The smallest absolute Gasteiger partial charge is 0.252 e. The summed E-state index contributed by atoms with van der Waals surface area (Å²) in [6.45, 7) is 1.17. The minimum atomic E-state index is -0.136. The van der Waals surface area contributed by atoms with Gasteiger partial charge in [-0.1, -0.05) is 0 Å². The molecular weight excluding hydrogens is 168 g/mol. The van der Waals surface area contributed by atoms with E-state index < -0.39 is 0 Å². The molecule has 1 aromatic heterocycles. The van der Waals surface area contributed by atoms with Gasteiger partial charge in [0.15, 0.2) is 0 Å². The summed E-state index contributed by atoms with van der Waals surface area (Å²) in [6.07, 6.45) is 3.69. The first-order valence-electron chi connectivity index (χ1n) is 4.09. The first-order valence-corrected chi connectivity index (χ1v) is 4.09. The van der Waals surface area contributed by atoms with Gasteiger partial charge in [0.25, 0.3) is 5.91 Å². The Balaban J connectivity index is 2.40. The molecule has 5 heteroatoms. The van der Waals surface area contributed by atoms with Gasteiger partial charge in [0.2, 0.25) is 0 Å². The molecule has 0 saturated carbocycles. The van der Waals surface area contributed by atoms with E-state index in [9.17, 15) is 4.79 Å². The van der Waals surface area contributed by atoms with Crippen LogP contribution < -0.4 is 11.1 Å². The molecule has 0 aliphatic heterocycles. The second kappa shape index (κ2) is 5.21. The van der Waals surface area contributed by atoms with Gasteiger partial charge in [-0.2, -0.15) is 10.2 Å². The monoisotopic (exact) mass is 180 g/mol. The zero-order valence-electron chi connectivity index (χ0n) is 7.23. The van der Waals surface area contributed by atoms with Crippen molar-refractivity contribution in [2.45, 2.75) is 6.42 Å². The van der Waals surface area contributed by atoms with Crippen LogP contribution in [0.5, 0.6) is 0 Å². The molecule has 1 heterocycles. The summed E-state index contributed by atoms with van der Waals surface area (Å²) in [5.41, 5.74) is 5.80. The molecule has 0 atom stereocenters. The third-order valence-corrected chi connectivity index (χ3v) is 1.51. The maximum Gasteiger partial charge on any atom is 0.252 e. The zero-order chi connectivity index (χ0) is 9.52. The molecule has 0 spiro atoms. The second-order valence-corrected chi connectivity index (χ2v) is 2.53. The van der Waals surface area contributed by atoms with Gasteiger partial charge in [-0.05, 0) is 19.0 Å². The maximum absolute atomic E-state index is 11.3. The lowest BCUT2D eigenvalue weighted by molar-refractivity contribution is 0.0953. The average molecular weight is 180 g/mol. The molecule has 13 heavy (non-hydrogen) atoms. The predicted molar refractivity (Wildman–Crippen MR) is 48.0 cm³/mol. The molecule has 0 radical (unpaired) electrons. The Hall–Kier alpha value is -1.49. The fourth-order valence-electron chi connectivity index (χ4n) is 0.831. The summed E-state index contributed by atoms with van der Waals surface area (Å²) in [6, 6.07) is 1.62. The van der Waals surface area contributed by atoms with Crippen LogP contribution in [-0.4, -0.2) is 29.2 Å². The van der Waals surface area contributed by atoms with Crippen LogP contribution in [0.15, 0.2) is 18.5 Å². The van der Waals surface area contributed by atoms with Crippen molar-refractivity contribution in [1.29, 1.82) is 0 Å². The maximum atomic E-state index is 11.3. The number of nitrogens with zero attached hydrogens (tertiary/aromatic N) is 2. The molecule has 1 rings (SSSR count). The Morgan fingerprint density at radius 1 is 1.54 bits per heavy atom. The highest BCUT2D eigenvalue weighted by Gasteiger charge is 2.02. The number of carbonyl (C=O) groups is 1. The summed E-state index contributed by atoms with van der Waals surface area (Å²) < 4.78 is 0. The van der Waals surface area contributed by atoms with Crippen LogP contribution >= 0.6 is 0 Å². The van der Waals surface area contributed by atoms with E-state index in [1.54, 1.807) is 6.07 Å². The molecule has 0 aromatic carbocycles. The van der Waals surface area contributed by atoms with Crippen molar-refractivity contribution < 1.29 is 4.79 Å².